The average molecular weight is 324 g/mol. The second-order valence-electron chi connectivity index (χ2n) is 5.17. The Hall–Kier alpha value is -1.06. The molecule has 0 bridgehead atoms. The second-order valence-corrected chi connectivity index (χ2v) is 6.01. The van der Waals surface area contributed by atoms with Gasteiger partial charge in [-0.15, -0.1) is 0 Å². The summed E-state index contributed by atoms with van der Waals surface area (Å²) in [6.07, 6.45) is -0.692. The number of hydrogen-bond donors (Lipinski definition) is 2. The fraction of sp³-hybridized carbons (Fsp3) is 0.294. The number of halogens is 2. The molecule has 0 saturated heterocycles. The van der Waals surface area contributed by atoms with Crippen molar-refractivity contribution >= 4 is 23.2 Å². The van der Waals surface area contributed by atoms with Crippen molar-refractivity contribution < 1.29 is 5.11 Å². The largest absolute Gasteiger partial charge is 0.387 e. The first kappa shape index (κ1) is 16.3. The van der Waals surface area contributed by atoms with Crippen molar-refractivity contribution in [1.82, 2.24) is 5.32 Å². The fourth-order valence-electron chi connectivity index (χ4n) is 2.35. The summed E-state index contributed by atoms with van der Waals surface area (Å²) in [5.74, 6) is 0. The molecule has 112 valence electrons. The van der Waals surface area contributed by atoms with Crippen molar-refractivity contribution in [1.29, 1.82) is 0 Å². The lowest BCUT2D eigenvalue weighted by molar-refractivity contribution is 0.171. The predicted octanol–water partition coefficient (Wildman–Crippen LogP) is 4.69. The lowest BCUT2D eigenvalue weighted by Crippen LogP contribution is -2.25. The third-order valence-electron chi connectivity index (χ3n) is 3.59. The third kappa shape index (κ3) is 4.21. The molecule has 0 aromatic heterocycles. The van der Waals surface area contributed by atoms with Crippen molar-refractivity contribution in [3.8, 4) is 0 Å². The van der Waals surface area contributed by atoms with Crippen LogP contribution in [0.15, 0.2) is 42.5 Å². The molecule has 0 saturated carbocycles. The monoisotopic (exact) mass is 323 g/mol. The Morgan fingerprint density at radius 2 is 1.81 bits per heavy atom. The highest BCUT2D eigenvalue weighted by Gasteiger charge is 2.14. The Kier molecular flexibility index (Phi) is 5.65. The maximum atomic E-state index is 10.3. The lowest BCUT2D eigenvalue weighted by atomic mass is 10.0. The topological polar surface area (TPSA) is 32.3 Å². The Balaban J connectivity index is 2.02. The van der Waals surface area contributed by atoms with Gasteiger partial charge in [-0.05, 0) is 43.2 Å². The van der Waals surface area contributed by atoms with Crippen molar-refractivity contribution in [2.24, 2.45) is 0 Å². The smallest absolute Gasteiger partial charge is 0.0929 e. The van der Waals surface area contributed by atoms with E-state index in [4.69, 9.17) is 23.2 Å². The van der Waals surface area contributed by atoms with Crippen LogP contribution in [0.25, 0.3) is 0 Å². The number of aryl methyl sites for hydroxylation is 1. The van der Waals surface area contributed by atoms with Crippen LogP contribution in [0.4, 0.5) is 0 Å². The number of rotatable bonds is 5. The zero-order valence-electron chi connectivity index (χ0n) is 12.1. The molecule has 2 aromatic carbocycles. The Morgan fingerprint density at radius 1 is 1.10 bits per heavy atom. The van der Waals surface area contributed by atoms with E-state index in [1.807, 2.05) is 12.1 Å². The van der Waals surface area contributed by atoms with Crippen LogP contribution in [0.3, 0.4) is 0 Å². The number of aliphatic hydroxyl groups excluding tert-OH is 1. The second kappa shape index (κ2) is 7.28. The normalized spacial score (nSPS) is 14.0. The summed E-state index contributed by atoms with van der Waals surface area (Å²) >= 11 is 12.1. The zero-order valence-corrected chi connectivity index (χ0v) is 13.6. The first-order chi connectivity index (χ1) is 9.99. The Morgan fingerprint density at radius 3 is 2.52 bits per heavy atom. The van der Waals surface area contributed by atoms with Gasteiger partial charge in [-0.3, -0.25) is 0 Å². The highest BCUT2D eigenvalue weighted by atomic mass is 35.5. The van der Waals surface area contributed by atoms with Gasteiger partial charge in [0, 0.05) is 28.2 Å². The molecule has 21 heavy (non-hydrogen) atoms. The van der Waals surface area contributed by atoms with Crippen LogP contribution >= 0.6 is 23.2 Å². The van der Waals surface area contributed by atoms with Gasteiger partial charge in [0.1, 0.15) is 0 Å². The Bertz CT molecular complexity index is 615. The van der Waals surface area contributed by atoms with Gasteiger partial charge in [0.15, 0.2) is 0 Å². The van der Waals surface area contributed by atoms with Crippen molar-refractivity contribution in [3.63, 3.8) is 0 Å². The molecule has 0 spiro atoms. The first-order valence-electron chi connectivity index (χ1n) is 6.91. The summed E-state index contributed by atoms with van der Waals surface area (Å²) in [5.41, 5.74) is 3.10. The van der Waals surface area contributed by atoms with E-state index < -0.39 is 6.10 Å². The quantitative estimate of drug-likeness (QED) is 0.836. The van der Waals surface area contributed by atoms with Gasteiger partial charge in [0.2, 0.25) is 0 Å². The van der Waals surface area contributed by atoms with E-state index in [-0.39, 0.29) is 6.04 Å². The Labute approximate surface area is 135 Å². The van der Waals surface area contributed by atoms with E-state index in [0.29, 0.717) is 22.2 Å². The fourth-order valence-corrected chi connectivity index (χ4v) is 2.77. The maximum Gasteiger partial charge on any atom is 0.0929 e. The minimum absolute atomic E-state index is 0.152. The third-order valence-corrected chi connectivity index (χ3v) is 4.17. The minimum Gasteiger partial charge on any atom is -0.387 e. The maximum absolute atomic E-state index is 10.3. The SMILES string of the molecule is Cc1ccccc1[C@@H](C)NCC(O)c1cc(Cl)ccc1Cl. The molecule has 1 unspecified atom stereocenters. The molecule has 0 aliphatic carbocycles. The standard InChI is InChI=1S/C17H19Cl2NO/c1-11-5-3-4-6-14(11)12(2)20-10-17(21)15-9-13(18)7-8-16(15)19/h3-9,12,17,20-21H,10H2,1-2H3/t12-,17?/m1/s1. The van der Waals surface area contributed by atoms with Crippen LogP contribution in [-0.4, -0.2) is 11.7 Å². The summed E-state index contributed by atoms with van der Waals surface area (Å²) in [4.78, 5) is 0. The van der Waals surface area contributed by atoms with Crippen LogP contribution < -0.4 is 5.32 Å². The molecule has 2 rings (SSSR count). The van der Waals surface area contributed by atoms with E-state index in [1.54, 1.807) is 18.2 Å². The van der Waals surface area contributed by atoms with Gasteiger partial charge in [-0.1, -0.05) is 47.5 Å². The molecule has 4 heteroatoms. The summed E-state index contributed by atoms with van der Waals surface area (Å²) in [7, 11) is 0. The molecule has 2 atom stereocenters. The predicted molar refractivity (Wildman–Crippen MR) is 89.0 cm³/mol. The van der Waals surface area contributed by atoms with Gasteiger partial charge in [-0.2, -0.15) is 0 Å². The van der Waals surface area contributed by atoms with Gasteiger partial charge < -0.3 is 10.4 Å². The van der Waals surface area contributed by atoms with Crippen LogP contribution in [-0.2, 0) is 0 Å². The molecular weight excluding hydrogens is 305 g/mol. The number of aliphatic hydroxyl groups is 1. The van der Waals surface area contributed by atoms with Crippen molar-refractivity contribution in [3.05, 3.63) is 69.2 Å². The molecule has 2 aromatic rings. The average Bonchev–Trinajstić information content (AvgIpc) is 2.47. The van der Waals surface area contributed by atoms with Gasteiger partial charge in [-0.25, -0.2) is 0 Å². The van der Waals surface area contributed by atoms with Crippen LogP contribution in [0.2, 0.25) is 10.0 Å². The van der Waals surface area contributed by atoms with E-state index in [9.17, 15) is 5.11 Å². The highest BCUT2D eigenvalue weighted by molar-refractivity contribution is 6.33. The van der Waals surface area contributed by atoms with E-state index >= 15 is 0 Å². The molecule has 0 radical (unpaired) electrons. The van der Waals surface area contributed by atoms with Gasteiger partial charge in [0.25, 0.3) is 0 Å². The van der Waals surface area contributed by atoms with E-state index in [0.717, 1.165) is 0 Å². The van der Waals surface area contributed by atoms with Crippen molar-refractivity contribution in [2.45, 2.75) is 26.0 Å². The van der Waals surface area contributed by atoms with E-state index in [2.05, 4.69) is 31.3 Å². The number of hydrogen-bond acceptors (Lipinski definition) is 2. The summed E-state index contributed by atoms with van der Waals surface area (Å²) in [6, 6.07) is 13.5. The molecular formula is C17H19Cl2NO. The number of nitrogens with one attached hydrogen (secondary N) is 1. The molecule has 0 aliphatic rings. The van der Waals surface area contributed by atoms with Crippen LogP contribution in [0, 0.1) is 6.92 Å². The summed E-state index contributed by atoms with van der Waals surface area (Å²) in [6.45, 7) is 4.57. The summed E-state index contributed by atoms with van der Waals surface area (Å²) in [5, 5.41) is 14.7. The van der Waals surface area contributed by atoms with Gasteiger partial charge in [0.05, 0.1) is 6.10 Å². The molecule has 0 aliphatic heterocycles. The van der Waals surface area contributed by atoms with Crippen LogP contribution in [0.5, 0.6) is 0 Å². The molecule has 0 fully saturated rings. The van der Waals surface area contributed by atoms with Crippen molar-refractivity contribution in [2.75, 3.05) is 6.54 Å². The molecule has 2 N–H and O–H groups in total. The molecule has 0 amide bonds. The number of benzene rings is 2. The first-order valence-corrected chi connectivity index (χ1v) is 7.66. The minimum atomic E-state index is -0.692. The summed E-state index contributed by atoms with van der Waals surface area (Å²) < 4.78 is 0. The van der Waals surface area contributed by atoms with E-state index in [1.165, 1.54) is 11.1 Å². The van der Waals surface area contributed by atoms with Gasteiger partial charge >= 0.3 is 0 Å². The zero-order chi connectivity index (χ0) is 15.4. The molecule has 0 heterocycles. The van der Waals surface area contributed by atoms with Crippen LogP contribution in [0.1, 0.15) is 35.8 Å². The highest BCUT2D eigenvalue weighted by Crippen LogP contribution is 2.26. The lowest BCUT2D eigenvalue weighted by Gasteiger charge is -2.20. The molecule has 2 nitrogen and oxygen atoms in total.